The van der Waals surface area contributed by atoms with E-state index in [4.69, 9.17) is 11.6 Å². The van der Waals surface area contributed by atoms with Crippen molar-refractivity contribution < 1.29 is 4.39 Å². The molecule has 2 atom stereocenters. The van der Waals surface area contributed by atoms with Crippen molar-refractivity contribution in [1.29, 1.82) is 0 Å². The van der Waals surface area contributed by atoms with Crippen LogP contribution in [0.2, 0.25) is 0 Å². The van der Waals surface area contributed by atoms with Crippen molar-refractivity contribution in [2.75, 3.05) is 12.6 Å². The summed E-state index contributed by atoms with van der Waals surface area (Å²) in [5.41, 5.74) is 0. The summed E-state index contributed by atoms with van der Waals surface area (Å²) in [4.78, 5) is 0. The van der Waals surface area contributed by atoms with Crippen molar-refractivity contribution in [1.82, 2.24) is 0 Å². The van der Waals surface area contributed by atoms with Crippen molar-refractivity contribution in [3.05, 3.63) is 0 Å². The fourth-order valence-corrected chi connectivity index (χ4v) is 1.76. The first-order valence-electron chi connectivity index (χ1n) is 3.75. The number of hydrogen-bond donors (Lipinski definition) is 0. The summed E-state index contributed by atoms with van der Waals surface area (Å²) in [6.07, 6.45) is 0. The topological polar surface area (TPSA) is 0 Å². The molecule has 0 fully saturated rings. The van der Waals surface area contributed by atoms with E-state index in [-0.39, 0.29) is 12.6 Å². The highest BCUT2D eigenvalue weighted by Crippen LogP contribution is 2.22. The lowest BCUT2D eigenvalue weighted by Gasteiger charge is -2.22. The van der Waals surface area contributed by atoms with Crippen molar-refractivity contribution in [3.8, 4) is 0 Å². The molecule has 0 N–H and O–H groups in total. The summed E-state index contributed by atoms with van der Waals surface area (Å²) in [6, 6.07) is 0. The standard InChI is InChI=1S/C8H16ClF/c1-6(2)8(4-9)7(3)5-10/h6-8H,4-5H2,1-3H3. The minimum atomic E-state index is -0.254. The van der Waals surface area contributed by atoms with Crippen molar-refractivity contribution in [2.24, 2.45) is 17.8 Å². The average Bonchev–Trinajstić information content (AvgIpc) is 1.88. The molecule has 0 spiro atoms. The fourth-order valence-electron chi connectivity index (χ4n) is 1.10. The monoisotopic (exact) mass is 166 g/mol. The fraction of sp³-hybridized carbons (Fsp3) is 1.00. The zero-order valence-electron chi connectivity index (χ0n) is 6.90. The van der Waals surface area contributed by atoms with Crippen LogP contribution < -0.4 is 0 Å². The Bertz CT molecular complexity index is 83.3. The van der Waals surface area contributed by atoms with Crippen LogP contribution in [0.3, 0.4) is 0 Å². The van der Waals surface area contributed by atoms with Crippen LogP contribution >= 0.6 is 11.6 Å². The molecule has 0 aromatic rings. The largest absolute Gasteiger partial charge is 0.251 e. The number of hydrogen-bond acceptors (Lipinski definition) is 0. The first-order chi connectivity index (χ1) is 4.63. The van der Waals surface area contributed by atoms with E-state index in [0.29, 0.717) is 17.7 Å². The molecule has 62 valence electrons. The molecule has 0 aliphatic carbocycles. The molecule has 10 heavy (non-hydrogen) atoms. The molecule has 0 heterocycles. The van der Waals surface area contributed by atoms with Crippen LogP contribution in [0.5, 0.6) is 0 Å². The van der Waals surface area contributed by atoms with Crippen LogP contribution in [0.1, 0.15) is 20.8 Å². The second kappa shape index (κ2) is 4.95. The summed E-state index contributed by atoms with van der Waals surface area (Å²) < 4.78 is 12.1. The third-order valence-corrected chi connectivity index (χ3v) is 2.37. The van der Waals surface area contributed by atoms with Gasteiger partial charge in [-0.25, -0.2) is 0 Å². The van der Waals surface area contributed by atoms with Gasteiger partial charge in [0, 0.05) is 5.88 Å². The second-order valence-corrected chi connectivity index (χ2v) is 3.50. The minimum Gasteiger partial charge on any atom is -0.251 e. The van der Waals surface area contributed by atoms with Gasteiger partial charge < -0.3 is 0 Å². The third-order valence-electron chi connectivity index (χ3n) is 2.01. The first-order valence-corrected chi connectivity index (χ1v) is 4.28. The predicted octanol–water partition coefficient (Wildman–Crippen LogP) is 3.10. The van der Waals surface area contributed by atoms with Crippen LogP contribution in [0, 0.1) is 17.8 Å². The lowest BCUT2D eigenvalue weighted by molar-refractivity contribution is 0.245. The zero-order chi connectivity index (χ0) is 8.15. The highest BCUT2D eigenvalue weighted by molar-refractivity contribution is 6.18. The van der Waals surface area contributed by atoms with Gasteiger partial charge >= 0.3 is 0 Å². The zero-order valence-corrected chi connectivity index (χ0v) is 7.66. The Kier molecular flexibility index (Phi) is 5.06. The molecule has 0 aromatic heterocycles. The molecular formula is C8H16ClF. The molecule has 2 unspecified atom stereocenters. The van der Waals surface area contributed by atoms with Crippen molar-refractivity contribution in [3.63, 3.8) is 0 Å². The van der Waals surface area contributed by atoms with E-state index in [1.165, 1.54) is 0 Å². The van der Waals surface area contributed by atoms with E-state index >= 15 is 0 Å². The maximum atomic E-state index is 12.1. The van der Waals surface area contributed by atoms with E-state index < -0.39 is 0 Å². The van der Waals surface area contributed by atoms with Crippen LogP contribution in [0.4, 0.5) is 4.39 Å². The van der Waals surface area contributed by atoms with Gasteiger partial charge in [-0.05, 0) is 17.8 Å². The summed E-state index contributed by atoms with van der Waals surface area (Å²) >= 11 is 5.67. The number of halogens is 2. The summed E-state index contributed by atoms with van der Waals surface area (Å²) in [5.74, 6) is 1.50. The molecule has 0 radical (unpaired) electrons. The normalized spacial score (nSPS) is 17.4. The smallest absolute Gasteiger partial charge is 0.0923 e. The summed E-state index contributed by atoms with van der Waals surface area (Å²) in [6.45, 7) is 5.82. The van der Waals surface area contributed by atoms with E-state index in [1.807, 2.05) is 6.92 Å². The Morgan fingerprint density at radius 2 is 1.80 bits per heavy atom. The SMILES string of the molecule is CC(C)C(CCl)C(C)CF. The van der Waals surface area contributed by atoms with Crippen molar-refractivity contribution in [2.45, 2.75) is 20.8 Å². The van der Waals surface area contributed by atoms with Crippen molar-refractivity contribution >= 4 is 11.6 Å². The van der Waals surface area contributed by atoms with Gasteiger partial charge in [-0.2, -0.15) is 0 Å². The molecule has 0 aromatic carbocycles. The van der Waals surface area contributed by atoms with E-state index in [1.54, 1.807) is 0 Å². The quantitative estimate of drug-likeness (QED) is 0.563. The lowest BCUT2D eigenvalue weighted by atomic mass is 9.87. The predicted molar refractivity (Wildman–Crippen MR) is 44.2 cm³/mol. The average molecular weight is 167 g/mol. The molecule has 0 aliphatic rings. The highest BCUT2D eigenvalue weighted by atomic mass is 35.5. The first kappa shape index (κ1) is 10.2. The van der Waals surface area contributed by atoms with E-state index in [9.17, 15) is 4.39 Å². The molecule has 2 heteroatoms. The van der Waals surface area contributed by atoms with E-state index in [0.717, 1.165) is 0 Å². The van der Waals surface area contributed by atoms with Gasteiger partial charge in [0.25, 0.3) is 0 Å². The molecule has 0 bridgehead atoms. The Morgan fingerprint density at radius 1 is 1.30 bits per heavy atom. The molecule has 0 amide bonds. The molecule has 0 nitrogen and oxygen atoms in total. The minimum absolute atomic E-state index is 0.109. The lowest BCUT2D eigenvalue weighted by Crippen LogP contribution is -2.20. The summed E-state index contributed by atoms with van der Waals surface area (Å²) in [5, 5.41) is 0. The Morgan fingerprint density at radius 3 is 1.90 bits per heavy atom. The van der Waals surface area contributed by atoms with E-state index in [2.05, 4.69) is 13.8 Å². The van der Waals surface area contributed by atoms with Gasteiger partial charge in [0.15, 0.2) is 0 Å². The number of alkyl halides is 2. The molecule has 0 rings (SSSR count). The molecule has 0 aliphatic heterocycles. The summed E-state index contributed by atoms with van der Waals surface area (Å²) in [7, 11) is 0. The van der Waals surface area contributed by atoms with Gasteiger partial charge in [0.05, 0.1) is 6.67 Å². The van der Waals surface area contributed by atoms with Crippen LogP contribution in [0.15, 0.2) is 0 Å². The maximum Gasteiger partial charge on any atom is 0.0923 e. The van der Waals surface area contributed by atoms with Gasteiger partial charge in [0.1, 0.15) is 0 Å². The van der Waals surface area contributed by atoms with Gasteiger partial charge in [0.2, 0.25) is 0 Å². The Hall–Kier alpha value is 0.220. The Balaban J connectivity index is 3.80. The molecule has 0 saturated heterocycles. The molecule has 0 saturated carbocycles. The Labute approximate surface area is 67.8 Å². The highest BCUT2D eigenvalue weighted by Gasteiger charge is 2.19. The van der Waals surface area contributed by atoms with Gasteiger partial charge in [-0.1, -0.05) is 20.8 Å². The number of rotatable bonds is 4. The van der Waals surface area contributed by atoms with Crippen LogP contribution in [-0.2, 0) is 0 Å². The molecular weight excluding hydrogens is 151 g/mol. The second-order valence-electron chi connectivity index (χ2n) is 3.19. The third kappa shape index (κ3) is 2.87. The van der Waals surface area contributed by atoms with Crippen LogP contribution in [-0.4, -0.2) is 12.6 Å². The van der Waals surface area contributed by atoms with Gasteiger partial charge in [-0.15, -0.1) is 11.6 Å². The van der Waals surface area contributed by atoms with Gasteiger partial charge in [-0.3, -0.25) is 4.39 Å². The van der Waals surface area contributed by atoms with Crippen LogP contribution in [0.25, 0.3) is 0 Å². The maximum absolute atomic E-state index is 12.1.